The van der Waals surface area contributed by atoms with Gasteiger partial charge in [-0.1, -0.05) is 13.8 Å². The van der Waals surface area contributed by atoms with E-state index in [1.807, 2.05) is 0 Å². The van der Waals surface area contributed by atoms with Gasteiger partial charge in [-0.25, -0.2) is 0 Å². The first-order valence-electron chi connectivity index (χ1n) is 6.92. The molecule has 0 saturated carbocycles. The van der Waals surface area contributed by atoms with Gasteiger partial charge in [0, 0.05) is 37.8 Å². The van der Waals surface area contributed by atoms with Crippen molar-refractivity contribution < 1.29 is 4.74 Å². The Morgan fingerprint density at radius 2 is 1.88 bits per heavy atom. The molecule has 0 aromatic rings. The van der Waals surface area contributed by atoms with E-state index in [4.69, 9.17) is 4.74 Å². The predicted octanol–water partition coefficient (Wildman–Crippen LogP) is 2.26. The van der Waals surface area contributed by atoms with Gasteiger partial charge >= 0.3 is 0 Å². The molecule has 3 nitrogen and oxygen atoms in total. The second-order valence-electron chi connectivity index (χ2n) is 6.10. The van der Waals surface area contributed by atoms with Crippen molar-refractivity contribution in [2.24, 2.45) is 0 Å². The number of nitrogens with zero attached hydrogens (tertiary/aromatic N) is 1. The molecule has 0 aliphatic carbocycles. The maximum Gasteiger partial charge on any atom is 0.0670 e. The lowest BCUT2D eigenvalue weighted by Gasteiger charge is -2.53. The molecule has 0 spiro atoms. The molecular formula is C14H30N2O. The first-order chi connectivity index (χ1) is 7.89. The lowest BCUT2D eigenvalue weighted by Crippen LogP contribution is -2.68. The van der Waals surface area contributed by atoms with Crippen LogP contribution in [0, 0.1) is 0 Å². The van der Waals surface area contributed by atoms with Crippen molar-refractivity contribution in [2.45, 2.75) is 64.6 Å². The van der Waals surface area contributed by atoms with Crippen LogP contribution in [-0.2, 0) is 4.74 Å². The zero-order valence-electron chi connectivity index (χ0n) is 12.5. The zero-order chi connectivity index (χ0) is 13.1. The van der Waals surface area contributed by atoms with Crippen LogP contribution < -0.4 is 5.32 Å². The number of rotatable bonds is 5. The van der Waals surface area contributed by atoms with Crippen LogP contribution in [0.4, 0.5) is 0 Å². The number of piperazine rings is 1. The van der Waals surface area contributed by atoms with Crippen LogP contribution in [0.25, 0.3) is 0 Å². The first kappa shape index (κ1) is 14.9. The molecule has 1 fully saturated rings. The van der Waals surface area contributed by atoms with Gasteiger partial charge in [-0.15, -0.1) is 0 Å². The summed E-state index contributed by atoms with van der Waals surface area (Å²) >= 11 is 0. The van der Waals surface area contributed by atoms with Gasteiger partial charge in [-0.05, 0) is 33.6 Å². The smallest absolute Gasteiger partial charge is 0.0670 e. The third-order valence-electron chi connectivity index (χ3n) is 4.35. The summed E-state index contributed by atoms with van der Waals surface area (Å²) in [5, 5.41) is 3.69. The van der Waals surface area contributed by atoms with Crippen molar-refractivity contribution in [3.05, 3.63) is 0 Å². The molecule has 1 rings (SSSR count). The Bertz CT molecular complexity index is 236. The minimum absolute atomic E-state index is 0.210. The van der Waals surface area contributed by atoms with Gasteiger partial charge in [0.05, 0.1) is 6.10 Å². The van der Waals surface area contributed by atoms with Crippen molar-refractivity contribution >= 4 is 0 Å². The highest BCUT2D eigenvalue weighted by molar-refractivity contribution is 5.01. The molecule has 0 amide bonds. The van der Waals surface area contributed by atoms with Gasteiger partial charge in [0.1, 0.15) is 0 Å². The summed E-state index contributed by atoms with van der Waals surface area (Å²) in [5.74, 6) is 0. The van der Waals surface area contributed by atoms with Crippen LogP contribution in [0.15, 0.2) is 0 Å². The highest BCUT2D eigenvalue weighted by atomic mass is 16.5. The molecule has 1 atom stereocenters. The second-order valence-corrected chi connectivity index (χ2v) is 6.10. The van der Waals surface area contributed by atoms with Crippen molar-refractivity contribution in [3.63, 3.8) is 0 Å². The van der Waals surface area contributed by atoms with Crippen molar-refractivity contribution in [2.75, 3.05) is 26.7 Å². The number of hydrogen-bond donors (Lipinski definition) is 1. The average molecular weight is 242 g/mol. The molecule has 0 bridgehead atoms. The number of nitrogens with one attached hydrogen (secondary N) is 1. The van der Waals surface area contributed by atoms with Gasteiger partial charge in [-0.2, -0.15) is 0 Å². The van der Waals surface area contributed by atoms with Crippen LogP contribution in [-0.4, -0.2) is 48.8 Å². The van der Waals surface area contributed by atoms with E-state index in [-0.39, 0.29) is 5.54 Å². The molecule has 1 aliphatic heterocycles. The summed E-state index contributed by atoms with van der Waals surface area (Å²) in [4.78, 5) is 2.64. The molecule has 17 heavy (non-hydrogen) atoms. The SMILES string of the molecule is CCC1(CC)CNC(C)(C)CN1CC(C)OC. The maximum atomic E-state index is 5.44. The van der Waals surface area contributed by atoms with E-state index in [9.17, 15) is 0 Å². The van der Waals surface area contributed by atoms with E-state index in [0.717, 1.165) is 19.6 Å². The highest BCUT2D eigenvalue weighted by Crippen LogP contribution is 2.30. The molecule has 102 valence electrons. The van der Waals surface area contributed by atoms with E-state index in [0.29, 0.717) is 11.6 Å². The summed E-state index contributed by atoms with van der Waals surface area (Å²) in [6, 6.07) is 0. The Morgan fingerprint density at radius 3 is 2.35 bits per heavy atom. The van der Waals surface area contributed by atoms with E-state index < -0.39 is 0 Å². The highest BCUT2D eigenvalue weighted by Gasteiger charge is 2.41. The Kier molecular flexibility index (Phi) is 4.99. The van der Waals surface area contributed by atoms with E-state index >= 15 is 0 Å². The van der Waals surface area contributed by atoms with Gasteiger partial charge < -0.3 is 10.1 Å². The van der Waals surface area contributed by atoms with Crippen molar-refractivity contribution in [1.29, 1.82) is 0 Å². The standard InChI is InChI=1S/C14H30N2O/c1-7-14(8-2)10-15-13(4,5)11-16(14)9-12(3)17-6/h12,15H,7-11H2,1-6H3. The molecule has 0 aromatic carbocycles. The van der Waals surface area contributed by atoms with Gasteiger partial charge in [0.25, 0.3) is 0 Å². The third kappa shape index (κ3) is 3.43. The molecule has 1 unspecified atom stereocenters. The molecule has 0 radical (unpaired) electrons. The fourth-order valence-corrected chi connectivity index (χ4v) is 2.81. The fraction of sp³-hybridized carbons (Fsp3) is 1.00. The molecule has 3 heteroatoms. The molecule has 1 aliphatic rings. The van der Waals surface area contributed by atoms with Crippen molar-refractivity contribution in [1.82, 2.24) is 10.2 Å². The molecule has 1 saturated heterocycles. The summed E-state index contributed by atoms with van der Waals surface area (Å²) in [6.45, 7) is 14.5. The third-order valence-corrected chi connectivity index (χ3v) is 4.35. The van der Waals surface area contributed by atoms with E-state index in [2.05, 4.69) is 44.8 Å². The monoisotopic (exact) mass is 242 g/mol. The van der Waals surface area contributed by atoms with Crippen LogP contribution in [0.2, 0.25) is 0 Å². The van der Waals surface area contributed by atoms with Gasteiger partial charge in [0.2, 0.25) is 0 Å². The summed E-state index contributed by atoms with van der Waals surface area (Å²) in [7, 11) is 1.80. The van der Waals surface area contributed by atoms with Crippen LogP contribution in [0.5, 0.6) is 0 Å². The van der Waals surface area contributed by atoms with E-state index in [1.54, 1.807) is 7.11 Å². The van der Waals surface area contributed by atoms with Crippen molar-refractivity contribution in [3.8, 4) is 0 Å². The minimum atomic E-state index is 0.210. The Morgan fingerprint density at radius 1 is 1.29 bits per heavy atom. The molecule has 1 heterocycles. The van der Waals surface area contributed by atoms with Crippen LogP contribution in [0.1, 0.15) is 47.5 Å². The second kappa shape index (κ2) is 5.68. The Labute approximate surface area is 107 Å². The lowest BCUT2D eigenvalue weighted by atomic mass is 9.84. The molecule has 1 N–H and O–H groups in total. The molecular weight excluding hydrogens is 212 g/mol. The van der Waals surface area contributed by atoms with Crippen LogP contribution >= 0.6 is 0 Å². The Hall–Kier alpha value is -0.120. The van der Waals surface area contributed by atoms with Crippen LogP contribution in [0.3, 0.4) is 0 Å². The van der Waals surface area contributed by atoms with Gasteiger partial charge in [-0.3, -0.25) is 4.90 Å². The largest absolute Gasteiger partial charge is 0.380 e. The number of methoxy groups -OCH3 is 1. The minimum Gasteiger partial charge on any atom is -0.380 e. The summed E-state index contributed by atoms with van der Waals surface area (Å²) in [5.41, 5.74) is 0.517. The quantitative estimate of drug-likeness (QED) is 0.800. The zero-order valence-corrected chi connectivity index (χ0v) is 12.5. The number of ether oxygens (including phenoxy) is 1. The number of hydrogen-bond acceptors (Lipinski definition) is 3. The molecule has 0 aromatic heterocycles. The first-order valence-corrected chi connectivity index (χ1v) is 6.92. The Balaban J connectivity index is 2.81. The normalized spacial score (nSPS) is 25.8. The fourth-order valence-electron chi connectivity index (χ4n) is 2.81. The van der Waals surface area contributed by atoms with E-state index in [1.165, 1.54) is 12.8 Å². The van der Waals surface area contributed by atoms with Gasteiger partial charge in [0.15, 0.2) is 0 Å². The topological polar surface area (TPSA) is 24.5 Å². The summed E-state index contributed by atoms with van der Waals surface area (Å²) < 4.78 is 5.44. The lowest BCUT2D eigenvalue weighted by molar-refractivity contribution is -0.0270. The summed E-state index contributed by atoms with van der Waals surface area (Å²) in [6.07, 6.45) is 2.70. The predicted molar refractivity (Wildman–Crippen MR) is 73.4 cm³/mol. The maximum absolute atomic E-state index is 5.44. The average Bonchev–Trinajstić information content (AvgIpc) is 2.29.